The minimum Gasteiger partial charge on any atom is -0.471 e. The summed E-state index contributed by atoms with van der Waals surface area (Å²) in [7, 11) is 0. The van der Waals surface area contributed by atoms with Gasteiger partial charge in [0.25, 0.3) is 5.95 Å². The summed E-state index contributed by atoms with van der Waals surface area (Å²) in [5, 5.41) is 4.23. The maximum absolute atomic E-state index is 13.3. The van der Waals surface area contributed by atoms with Crippen LogP contribution in [0.5, 0.6) is 5.88 Å². The van der Waals surface area contributed by atoms with Crippen LogP contribution >= 0.6 is 0 Å². The monoisotopic (exact) mass is 472 g/mol. The van der Waals surface area contributed by atoms with Crippen molar-refractivity contribution in [2.24, 2.45) is 0 Å². The van der Waals surface area contributed by atoms with E-state index in [0.717, 1.165) is 11.1 Å². The Morgan fingerprint density at radius 2 is 1.83 bits per heavy atom. The largest absolute Gasteiger partial charge is 0.471 e. The molecule has 0 saturated carbocycles. The number of fused-ring (bicyclic) bond motifs is 1. The summed E-state index contributed by atoms with van der Waals surface area (Å²) in [5.74, 6) is -0.305. The maximum atomic E-state index is 13.3. The number of esters is 1. The number of ether oxygens (including phenoxy) is 2. The second kappa shape index (κ2) is 9.72. The minimum atomic E-state index is -0.485. The van der Waals surface area contributed by atoms with E-state index in [2.05, 4.69) is 20.1 Å². The number of halogens is 1. The van der Waals surface area contributed by atoms with Gasteiger partial charge in [-0.15, -0.1) is 0 Å². The third kappa shape index (κ3) is 4.86. The van der Waals surface area contributed by atoms with E-state index in [4.69, 9.17) is 9.47 Å². The summed E-state index contributed by atoms with van der Waals surface area (Å²) < 4.78 is 27.6. The molecule has 0 saturated heterocycles. The summed E-state index contributed by atoms with van der Waals surface area (Å²) in [4.78, 5) is 25.7. The third-order valence-electron chi connectivity index (χ3n) is 5.20. The SMILES string of the molecule is CCOC(=O)c1cnn(-c2nc(OCc3ccccc3)c3ncn(Cc4ccc(F)cc4)c3n2)c1. The van der Waals surface area contributed by atoms with Gasteiger partial charge in [-0.3, -0.25) is 0 Å². The third-order valence-corrected chi connectivity index (χ3v) is 5.20. The molecule has 0 fully saturated rings. The van der Waals surface area contributed by atoms with Gasteiger partial charge >= 0.3 is 5.97 Å². The van der Waals surface area contributed by atoms with Gasteiger partial charge in [0.1, 0.15) is 12.4 Å². The van der Waals surface area contributed by atoms with Gasteiger partial charge in [-0.05, 0) is 30.2 Å². The van der Waals surface area contributed by atoms with E-state index in [0.29, 0.717) is 17.7 Å². The van der Waals surface area contributed by atoms with E-state index in [1.54, 1.807) is 25.4 Å². The summed E-state index contributed by atoms with van der Waals surface area (Å²) in [6, 6.07) is 15.9. The highest BCUT2D eigenvalue weighted by atomic mass is 19.1. The molecule has 9 nitrogen and oxygen atoms in total. The second-order valence-corrected chi connectivity index (χ2v) is 7.67. The zero-order valence-corrected chi connectivity index (χ0v) is 18.8. The highest BCUT2D eigenvalue weighted by Gasteiger charge is 2.18. The molecular formula is C25H21FN6O3. The molecule has 0 bridgehead atoms. The Labute approximate surface area is 199 Å². The lowest BCUT2D eigenvalue weighted by Crippen LogP contribution is -2.08. The van der Waals surface area contributed by atoms with Crippen LogP contribution in [-0.4, -0.2) is 41.9 Å². The van der Waals surface area contributed by atoms with Crippen LogP contribution in [0, 0.1) is 5.82 Å². The van der Waals surface area contributed by atoms with Crippen LogP contribution < -0.4 is 4.74 Å². The summed E-state index contributed by atoms with van der Waals surface area (Å²) in [5.41, 5.74) is 3.11. The number of nitrogens with zero attached hydrogens (tertiary/aromatic N) is 6. The van der Waals surface area contributed by atoms with E-state index in [1.807, 2.05) is 34.9 Å². The van der Waals surface area contributed by atoms with Gasteiger partial charge < -0.3 is 14.0 Å². The fourth-order valence-corrected chi connectivity index (χ4v) is 3.49. The standard InChI is InChI=1S/C25H21FN6O3/c1-2-34-24(33)19-12-28-32(14-19)25-29-22-21(23(30-25)35-15-18-6-4-3-5-7-18)27-16-31(22)13-17-8-10-20(26)11-9-17/h3-12,14,16H,2,13,15H2,1H3. The number of carbonyl (C=O) groups is 1. The highest BCUT2D eigenvalue weighted by Crippen LogP contribution is 2.24. The molecular weight excluding hydrogens is 451 g/mol. The van der Waals surface area contributed by atoms with Gasteiger partial charge in [0.2, 0.25) is 5.88 Å². The lowest BCUT2D eigenvalue weighted by Gasteiger charge is -2.09. The topological polar surface area (TPSA) is 97.0 Å². The van der Waals surface area contributed by atoms with Crippen molar-refractivity contribution in [1.29, 1.82) is 0 Å². The van der Waals surface area contributed by atoms with Crippen molar-refractivity contribution in [2.45, 2.75) is 20.1 Å². The first-order chi connectivity index (χ1) is 17.1. The van der Waals surface area contributed by atoms with E-state index in [9.17, 15) is 9.18 Å². The first-order valence-corrected chi connectivity index (χ1v) is 11.0. The minimum absolute atomic E-state index is 0.206. The molecule has 0 spiro atoms. The van der Waals surface area contributed by atoms with Gasteiger partial charge in [0.05, 0.1) is 31.2 Å². The fraction of sp³-hybridized carbons (Fsp3) is 0.160. The molecule has 3 aromatic heterocycles. The Balaban J connectivity index is 1.54. The van der Waals surface area contributed by atoms with E-state index >= 15 is 0 Å². The molecule has 0 radical (unpaired) electrons. The van der Waals surface area contributed by atoms with Crippen molar-refractivity contribution < 1.29 is 18.7 Å². The van der Waals surface area contributed by atoms with Crippen LogP contribution in [0.15, 0.2) is 73.3 Å². The first-order valence-electron chi connectivity index (χ1n) is 11.0. The fourth-order valence-electron chi connectivity index (χ4n) is 3.49. The number of hydrogen-bond acceptors (Lipinski definition) is 7. The van der Waals surface area contributed by atoms with Gasteiger partial charge in [-0.1, -0.05) is 42.5 Å². The highest BCUT2D eigenvalue weighted by molar-refractivity contribution is 5.88. The Kier molecular flexibility index (Phi) is 6.16. The van der Waals surface area contributed by atoms with Gasteiger partial charge in [-0.2, -0.15) is 15.1 Å². The number of hydrogen-bond donors (Lipinski definition) is 0. The molecule has 10 heteroatoms. The first kappa shape index (κ1) is 22.2. The summed E-state index contributed by atoms with van der Waals surface area (Å²) in [6.07, 6.45) is 4.53. The number of benzene rings is 2. The molecule has 0 N–H and O–H groups in total. The molecule has 0 unspecified atom stereocenters. The Morgan fingerprint density at radius 1 is 1.03 bits per heavy atom. The molecule has 0 aliphatic rings. The van der Waals surface area contributed by atoms with Crippen LogP contribution in [0.25, 0.3) is 17.1 Å². The van der Waals surface area contributed by atoms with Crippen LogP contribution in [0.2, 0.25) is 0 Å². The van der Waals surface area contributed by atoms with Crippen molar-refractivity contribution in [2.75, 3.05) is 6.61 Å². The molecule has 0 amide bonds. The molecule has 0 aliphatic carbocycles. The van der Waals surface area contributed by atoms with Crippen LogP contribution in [0.1, 0.15) is 28.4 Å². The van der Waals surface area contributed by atoms with E-state index in [-0.39, 0.29) is 36.4 Å². The quantitative estimate of drug-likeness (QED) is 0.316. The van der Waals surface area contributed by atoms with Crippen molar-refractivity contribution >= 4 is 17.1 Å². The average Bonchev–Trinajstić information content (AvgIpc) is 3.53. The summed E-state index contributed by atoms with van der Waals surface area (Å²) >= 11 is 0. The zero-order valence-electron chi connectivity index (χ0n) is 18.8. The number of aromatic nitrogens is 6. The molecule has 3 heterocycles. The van der Waals surface area contributed by atoms with Crippen LogP contribution in [0.3, 0.4) is 0 Å². The van der Waals surface area contributed by atoms with Crippen molar-refractivity contribution in [3.05, 3.63) is 95.8 Å². The van der Waals surface area contributed by atoms with Crippen LogP contribution in [0.4, 0.5) is 4.39 Å². The van der Waals surface area contributed by atoms with Crippen molar-refractivity contribution in [3.8, 4) is 11.8 Å². The number of carbonyl (C=O) groups excluding carboxylic acids is 1. The van der Waals surface area contributed by atoms with Gasteiger partial charge in [0, 0.05) is 6.20 Å². The van der Waals surface area contributed by atoms with E-state index < -0.39 is 5.97 Å². The lowest BCUT2D eigenvalue weighted by molar-refractivity contribution is 0.0526. The Bertz CT molecular complexity index is 1460. The average molecular weight is 472 g/mol. The normalized spacial score (nSPS) is 11.0. The van der Waals surface area contributed by atoms with E-state index in [1.165, 1.54) is 29.2 Å². The predicted molar refractivity (Wildman–Crippen MR) is 125 cm³/mol. The Morgan fingerprint density at radius 3 is 2.60 bits per heavy atom. The second-order valence-electron chi connectivity index (χ2n) is 7.67. The molecule has 5 rings (SSSR count). The maximum Gasteiger partial charge on any atom is 0.341 e. The number of rotatable bonds is 8. The smallest absolute Gasteiger partial charge is 0.341 e. The molecule has 0 atom stereocenters. The van der Waals surface area contributed by atoms with Crippen molar-refractivity contribution in [1.82, 2.24) is 29.3 Å². The van der Waals surface area contributed by atoms with Crippen LogP contribution in [-0.2, 0) is 17.9 Å². The molecule has 176 valence electrons. The molecule has 5 aromatic rings. The van der Waals surface area contributed by atoms with Gasteiger partial charge in [-0.25, -0.2) is 18.9 Å². The Hall–Kier alpha value is -4.60. The predicted octanol–water partition coefficient (Wildman–Crippen LogP) is 3.96. The van der Waals surface area contributed by atoms with Gasteiger partial charge in [0.15, 0.2) is 11.2 Å². The summed E-state index contributed by atoms with van der Waals surface area (Å²) in [6.45, 7) is 2.69. The molecule has 2 aromatic carbocycles. The molecule has 35 heavy (non-hydrogen) atoms. The lowest BCUT2D eigenvalue weighted by atomic mass is 10.2. The zero-order chi connectivity index (χ0) is 24.2. The number of imidazole rings is 1. The molecule has 0 aliphatic heterocycles. The van der Waals surface area contributed by atoms with Crippen molar-refractivity contribution in [3.63, 3.8) is 0 Å².